The van der Waals surface area contributed by atoms with Gasteiger partial charge < -0.3 is 24.2 Å². The third-order valence-corrected chi connectivity index (χ3v) is 6.90. The van der Waals surface area contributed by atoms with Gasteiger partial charge in [-0.3, -0.25) is 14.2 Å². The molecule has 1 aromatic heterocycles. The van der Waals surface area contributed by atoms with Crippen LogP contribution in [0, 0.1) is 0 Å². The van der Waals surface area contributed by atoms with Crippen LogP contribution in [0.5, 0.6) is 23.1 Å². The molecule has 1 amide bonds. The van der Waals surface area contributed by atoms with Crippen molar-refractivity contribution < 1.29 is 24.1 Å². The van der Waals surface area contributed by atoms with Crippen molar-refractivity contribution >= 4 is 17.5 Å². The lowest BCUT2D eigenvalue weighted by Crippen LogP contribution is -2.44. The standard InChI is InChI=1S/C28H32ClN3O6/c1-4-5-13-23-30-26(33)24(28(35)32(23)25-21(36-2)11-8-12-22(25)37-3)27(34)31-16-14-18(15-17-31)38-20-10-7-6-9-19(20)29/h6-12,18,33H,4-5,13-17H2,1-3H3. The van der Waals surface area contributed by atoms with Gasteiger partial charge >= 0.3 is 0 Å². The number of hydrogen-bond donors (Lipinski definition) is 1. The van der Waals surface area contributed by atoms with E-state index < -0.39 is 17.3 Å². The Kier molecular flexibility index (Phi) is 8.78. The van der Waals surface area contributed by atoms with Crippen molar-refractivity contribution in [2.24, 2.45) is 0 Å². The molecule has 0 bridgehead atoms. The number of hydrogen-bond acceptors (Lipinski definition) is 7. The van der Waals surface area contributed by atoms with E-state index in [0.29, 0.717) is 66.1 Å². The van der Waals surface area contributed by atoms with Crippen LogP contribution in [0.3, 0.4) is 0 Å². The fourth-order valence-corrected chi connectivity index (χ4v) is 4.76. The highest BCUT2D eigenvalue weighted by Crippen LogP contribution is 2.33. The second kappa shape index (κ2) is 12.2. The molecule has 2 aromatic carbocycles. The molecule has 2 heterocycles. The summed E-state index contributed by atoms with van der Waals surface area (Å²) < 4.78 is 18.4. The Labute approximate surface area is 226 Å². The summed E-state index contributed by atoms with van der Waals surface area (Å²) in [6.45, 7) is 2.72. The number of ether oxygens (including phenoxy) is 3. The lowest BCUT2D eigenvalue weighted by atomic mass is 10.1. The van der Waals surface area contributed by atoms with E-state index in [1.165, 1.54) is 18.8 Å². The van der Waals surface area contributed by atoms with Gasteiger partial charge in [0, 0.05) is 32.4 Å². The van der Waals surface area contributed by atoms with Gasteiger partial charge in [-0.25, -0.2) is 0 Å². The molecule has 1 fully saturated rings. The Balaban J connectivity index is 1.67. The van der Waals surface area contributed by atoms with Crippen LogP contribution >= 0.6 is 11.6 Å². The van der Waals surface area contributed by atoms with E-state index in [1.54, 1.807) is 35.2 Å². The first-order valence-electron chi connectivity index (χ1n) is 12.7. The van der Waals surface area contributed by atoms with Crippen molar-refractivity contribution in [3.63, 3.8) is 0 Å². The van der Waals surface area contributed by atoms with Crippen LogP contribution in [-0.4, -0.2) is 58.9 Å². The Hall–Kier alpha value is -3.72. The highest BCUT2D eigenvalue weighted by atomic mass is 35.5. The largest absolute Gasteiger partial charge is 0.494 e. The third-order valence-electron chi connectivity index (χ3n) is 6.59. The predicted octanol–water partition coefficient (Wildman–Crippen LogP) is 4.63. The number of carbonyl (C=O) groups excluding carboxylic acids is 1. The van der Waals surface area contributed by atoms with Crippen molar-refractivity contribution in [1.82, 2.24) is 14.5 Å². The van der Waals surface area contributed by atoms with E-state index in [-0.39, 0.29) is 11.7 Å². The number of methoxy groups -OCH3 is 2. The normalized spacial score (nSPS) is 13.8. The molecule has 0 aliphatic carbocycles. The first kappa shape index (κ1) is 27.3. The number of rotatable bonds is 9. The average Bonchev–Trinajstić information content (AvgIpc) is 2.93. The molecular formula is C28H32ClN3O6. The van der Waals surface area contributed by atoms with E-state index in [9.17, 15) is 14.7 Å². The number of piperidine rings is 1. The molecule has 10 heteroatoms. The molecular weight excluding hydrogens is 510 g/mol. The van der Waals surface area contributed by atoms with Gasteiger partial charge in [0.2, 0.25) is 5.88 Å². The number of carbonyl (C=O) groups is 1. The lowest BCUT2D eigenvalue weighted by Gasteiger charge is -2.32. The molecule has 0 saturated carbocycles. The SMILES string of the molecule is CCCCc1nc(O)c(C(=O)N2CCC(Oc3ccccc3Cl)CC2)c(=O)n1-c1c(OC)cccc1OC. The summed E-state index contributed by atoms with van der Waals surface area (Å²) in [6, 6.07) is 12.4. The Morgan fingerprint density at radius 1 is 1.05 bits per heavy atom. The molecule has 0 unspecified atom stereocenters. The number of nitrogens with zero attached hydrogens (tertiary/aromatic N) is 3. The molecule has 202 valence electrons. The molecule has 0 atom stereocenters. The number of halogens is 1. The summed E-state index contributed by atoms with van der Waals surface area (Å²) in [7, 11) is 2.98. The van der Waals surface area contributed by atoms with E-state index in [0.717, 1.165) is 12.8 Å². The van der Waals surface area contributed by atoms with Crippen molar-refractivity contribution in [1.29, 1.82) is 0 Å². The second-order valence-electron chi connectivity index (χ2n) is 9.02. The van der Waals surface area contributed by atoms with Gasteiger partial charge in [-0.1, -0.05) is 43.1 Å². The fourth-order valence-electron chi connectivity index (χ4n) is 4.58. The topological polar surface area (TPSA) is 103 Å². The van der Waals surface area contributed by atoms with E-state index >= 15 is 0 Å². The van der Waals surface area contributed by atoms with Crippen molar-refractivity contribution in [2.45, 2.75) is 45.1 Å². The van der Waals surface area contributed by atoms with Crippen molar-refractivity contribution in [2.75, 3.05) is 27.3 Å². The van der Waals surface area contributed by atoms with Crippen molar-refractivity contribution in [3.05, 3.63) is 69.2 Å². The zero-order valence-corrected chi connectivity index (χ0v) is 22.5. The maximum absolute atomic E-state index is 13.9. The van der Waals surface area contributed by atoms with Gasteiger partial charge in [0.1, 0.15) is 34.9 Å². The second-order valence-corrected chi connectivity index (χ2v) is 9.43. The van der Waals surface area contributed by atoms with Crippen molar-refractivity contribution in [3.8, 4) is 28.8 Å². The van der Waals surface area contributed by atoms with E-state index in [1.807, 2.05) is 19.1 Å². The molecule has 1 aliphatic rings. The molecule has 1 aliphatic heterocycles. The minimum Gasteiger partial charge on any atom is -0.494 e. The molecule has 3 aromatic rings. The summed E-state index contributed by atoms with van der Waals surface area (Å²) in [5, 5.41) is 11.3. The molecule has 0 spiro atoms. The summed E-state index contributed by atoms with van der Waals surface area (Å²) in [4.78, 5) is 33.3. The maximum atomic E-state index is 13.9. The number of aryl methyl sites for hydroxylation is 1. The van der Waals surface area contributed by atoms with Gasteiger partial charge in [-0.15, -0.1) is 0 Å². The maximum Gasteiger partial charge on any atom is 0.275 e. The zero-order valence-electron chi connectivity index (χ0n) is 21.8. The molecule has 9 nitrogen and oxygen atoms in total. The fraction of sp³-hybridized carbons (Fsp3) is 0.393. The minimum absolute atomic E-state index is 0.128. The van der Waals surface area contributed by atoms with Crippen LogP contribution in [0.2, 0.25) is 5.02 Å². The van der Waals surface area contributed by atoms with Crippen LogP contribution < -0.4 is 19.8 Å². The van der Waals surface area contributed by atoms with Gasteiger partial charge in [0.25, 0.3) is 11.5 Å². The molecule has 1 N–H and O–H groups in total. The molecule has 1 saturated heterocycles. The Morgan fingerprint density at radius 3 is 2.29 bits per heavy atom. The number of likely N-dealkylation sites (tertiary alicyclic amines) is 1. The zero-order chi connectivity index (χ0) is 27.2. The van der Waals surface area contributed by atoms with Crippen LogP contribution in [0.15, 0.2) is 47.3 Å². The number of aromatic hydroxyl groups is 1. The monoisotopic (exact) mass is 541 g/mol. The Bertz CT molecular complexity index is 1330. The van der Waals surface area contributed by atoms with E-state index in [2.05, 4.69) is 4.98 Å². The van der Waals surface area contributed by atoms with Crippen LogP contribution in [0.1, 0.15) is 48.8 Å². The van der Waals surface area contributed by atoms with Crippen LogP contribution in [0.4, 0.5) is 0 Å². The predicted molar refractivity (Wildman–Crippen MR) is 144 cm³/mol. The highest BCUT2D eigenvalue weighted by molar-refractivity contribution is 6.32. The number of benzene rings is 2. The minimum atomic E-state index is -0.675. The smallest absolute Gasteiger partial charge is 0.275 e. The first-order chi connectivity index (χ1) is 18.4. The number of amides is 1. The molecule has 0 radical (unpaired) electrons. The lowest BCUT2D eigenvalue weighted by molar-refractivity contribution is 0.0590. The molecule has 4 rings (SSSR count). The van der Waals surface area contributed by atoms with Gasteiger partial charge in [0.05, 0.1) is 19.2 Å². The van der Waals surface area contributed by atoms with Gasteiger partial charge in [-0.05, 0) is 30.7 Å². The number of unbranched alkanes of at least 4 members (excludes halogenated alkanes) is 1. The summed E-state index contributed by atoms with van der Waals surface area (Å²) in [5.41, 5.74) is -0.725. The average molecular weight is 542 g/mol. The van der Waals surface area contributed by atoms with E-state index in [4.69, 9.17) is 25.8 Å². The van der Waals surface area contributed by atoms with Gasteiger partial charge in [-0.2, -0.15) is 4.98 Å². The van der Waals surface area contributed by atoms with Crippen LogP contribution in [0.25, 0.3) is 5.69 Å². The highest BCUT2D eigenvalue weighted by Gasteiger charge is 2.31. The molecule has 38 heavy (non-hydrogen) atoms. The third kappa shape index (κ3) is 5.57. The summed E-state index contributed by atoms with van der Waals surface area (Å²) in [5.74, 6) is 0.518. The first-order valence-corrected chi connectivity index (χ1v) is 13.0. The summed E-state index contributed by atoms with van der Waals surface area (Å²) in [6.07, 6.45) is 2.97. The van der Waals surface area contributed by atoms with Gasteiger partial charge in [0.15, 0.2) is 5.56 Å². The summed E-state index contributed by atoms with van der Waals surface area (Å²) >= 11 is 6.21. The number of aromatic nitrogens is 2. The van der Waals surface area contributed by atoms with Crippen LogP contribution in [-0.2, 0) is 6.42 Å². The number of para-hydroxylation sites is 2. The quantitative estimate of drug-likeness (QED) is 0.421. The Morgan fingerprint density at radius 2 is 1.68 bits per heavy atom.